The van der Waals surface area contributed by atoms with E-state index in [1.54, 1.807) is 18.2 Å². The molecule has 5 nitrogen and oxygen atoms in total. The largest absolute Gasteiger partial charge is 0.488 e. The number of alkyl halides is 6. The van der Waals surface area contributed by atoms with Crippen molar-refractivity contribution in [2.75, 3.05) is 5.32 Å². The number of rotatable bonds is 7. The average molecular weight is 607 g/mol. The van der Waals surface area contributed by atoms with Crippen molar-refractivity contribution in [2.24, 2.45) is 17.8 Å². The molecule has 0 aliphatic heterocycles. The third-order valence-corrected chi connectivity index (χ3v) is 7.74. The summed E-state index contributed by atoms with van der Waals surface area (Å²) in [5, 5.41) is 5.01. The molecule has 2 aliphatic carbocycles. The molecule has 3 aromatic rings. The summed E-state index contributed by atoms with van der Waals surface area (Å²) in [6, 6.07) is 16.2. The number of anilines is 1. The Labute approximate surface area is 241 Å². The van der Waals surface area contributed by atoms with Crippen LogP contribution in [0, 0.1) is 23.6 Å². The summed E-state index contributed by atoms with van der Waals surface area (Å²) in [6.45, 7) is 0.139. The van der Waals surface area contributed by atoms with Crippen molar-refractivity contribution in [1.82, 2.24) is 5.32 Å². The maximum atomic E-state index is 13.8. The van der Waals surface area contributed by atoms with E-state index >= 15 is 0 Å². The molecule has 0 radical (unpaired) electrons. The van der Waals surface area contributed by atoms with Gasteiger partial charge in [-0.25, -0.2) is 4.39 Å². The SMILES string of the molecule is O=C(N[C@@H]1C2CCC(/C2=C/C(F)(F)F)[C@@H]1C(=O)Nc1ccc(F)c(C(F)(F)F)c1)c1ccccc1OCc1ccccc1. The number of carbonyl (C=O) groups is 2. The summed E-state index contributed by atoms with van der Waals surface area (Å²) in [6.07, 6.45) is -9.11. The Morgan fingerprint density at radius 3 is 2.26 bits per heavy atom. The van der Waals surface area contributed by atoms with Crippen molar-refractivity contribution < 1.29 is 45.1 Å². The highest BCUT2D eigenvalue weighted by Gasteiger charge is 2.55. The van der Waals surface area contributed by atoms with E-state index in [1.165, 1.54) is 6.07 Å². The van der Waals surface area contributed by atoms with E-state index in [0.29, 0.717) is 12.1 Å². The van der Waals surface area contributed by atoms with Gasteiger partial charge >= 0.3 is 12.4 Å². The molecule has 2 N–H and O–H groups in total. The number of nitrogens with one attached hydrogen (secondary N) is 2. The minimum absolute atomic E-state index is 0.0540. The van der Waals surface area contributed by atoms with Gasteiger partial charge in [0.05, 0.1) is 17.0 Å². The fraction of sp³-hybridized carbons (Fsp3) is 0.290. The topological polar surface area (TPSA) is 67.4 Å². The smallest absolute Gasteiger partial charge is 0.419 e. The van der Waals surface area contributed by atoms with Crippen molar-refractivity contribution in [3.05, 3.63) is 107 Å². The molecule has 0 spiro atoms. The van der Waals surface area contributed by atoms with E-state index in [0.717, 1.165) is 11.6 Å². The van der Waals surface area contributed by atoms with Crippen LogP contribution in [-0.2, 0) is 17.6 Å². The van der Waals surface area contributed by atoms with Crippen molar-refractivity contribution in [3.63, 3.8) is 0 Å². The monoisotopic (exact) mass is 606 g/mol. The first kappa shape index (κ1) is 30.1. The van der Waals surface area contributed by atoms with Crippen LogP contribution in [0.3, 0.4) is 0 Å². The fourth-order valence-electron chi connectivity index (χ4n) is 5.97. The number of halogens is 7. The van der Waals surface area contributed by atoms with Gasteiger partial charge in [-0.1, -0.05) is 48.0 Å². The zero-order valence-electron chi connectivity index (χ0n) is 22.3. The Bertz CT molecular complexity index is 1540. The lowest BCUT2D eigenvalue weighted by molar-refractivity contribution is -0.140. The lowest BCUT2D eigenvalue weighted by Gasteiger charge is -2.30. The van der Waals surface area contributed by atoms with Gasteiger partial charge in [0.15, 0.2) is 0 Å². The highest BCUT2D eigenvalue weighted by atomic mass is 19.4. The molecule has 43 heavy (non-hydrogen) atoms. The van der Waals surface area contributed by atoms with Crippen LogP contribution >= 0.6 is 0 Å². The summed E-state index contributed by atoms with van der Waals surface area (Å²) >= 11 is 0. The van der Waals surface area contributed by atoms with E-state index in [9.17, 15) is 40.3 Å². The molecule has 2 saturated carbocycles. The summed E-state index contributed by atoms with van der Waals surface area (Å²) in [7, 11) is 0. The van der Waals surface area contributed by atoms with Crippen LogP contribution in [0.5, 0.6) is 5.75 Å². The highest BCUT2D eigenvalue weighted by molar-refractivity contribution is 5.99. The average Bonchev–Trinajstić information content (AvgIpc) is 3.45. The number of para-hydroxylation sites is 1. The van der Waals surface area contributed by atoms with Gasteiger partial charge < -0.3 is 15.4 Å². The van der Waals surface area contributed by atoms with Gasteiger partial charge in [0.1, 0.15) is 18.2 Å². The third kappa shape index (κ3) is 6.68. The van der Waals surface area contributed by atoms with Gasteiger partial charge in [0.2, 0.25) is 5.91 Å². The molecule has 0 saturated heterocycles. The molecular formula is C31H25F7N2O3. The predicted molar refractivity (Wildman–Crippen MR) is 142 cm³/mol. The zero-order chi connectivity index (χ0) is 30.9. The molecule has 2 amide bonds. The van der Waals surface area contributed by atoms with Crippen molar-refractivity contribution in [2.45, 2.75) is 37.8 Å². The third-order valence-electron chi connectivity index (χ3n) is 7.74. The van der Waals surface area contributed by atoms with Crippen LogP contribution in [0.1, 0.15) is 34.3 Å². The lowest BCUT2D eigenvalue weighted by atomic mass is 9.83. The number of hydrogen-bond donors (Lipinski definition) is 2. The summed E-state index contributed by atoms with van der Waals surface area (Å²) in [5.41, 5.74) is -1.11. The molecular weight excluding hydrogens is 581 g/mol. The molecule has 2 aliphatic rings. The quantitative estimate of drug-likeness (QED) is 0.219. The van der Waals surface area contributed by atoms with Crippen molar-refractivity contribution in [1.29, 1.82) is 0 Å². The number of fused-ring (bicyclic) bond motifs is 2. The normalized spacial score (nSPS) is 22.4. The molecule has 226 valence electrons. The minimum atomic E-state index is -5.04. The highest BCUT2D eigenvalue weighted by Crippen LogP contribution is 2.54. The first-order chi connectivity index (χ1) is 20.3. The Hall–Kier alpha value is -4.35. The Morgan fingerprint density at radius 1 is 0.884 bits per heavy atom. The second-order valence-electron chi connectivity index (χ2n) is 10.5. The van der Waals surface area contributed by atoms with Gasteiger partial charge in [-0.15, -0.1) is 0 Å². The number of allylic oxidation sites excluding steroid dienone is 1. The van der Waals surface area contributed by atoms with Crippen molar-refractivity contribution >= 4 is 17.5 Å². The Balaban J connectivity index is 1.42. The minimum Gasteiger partial charge on any atom is -0.488 e. The standard InChI is InChI=1S/C31H25F7N2O3/c32-24-13-10-18(14-23(24)31(36,37)38)39-29(42)26-19-11-12-20(22(19)15-30(33,34)35)27(26)40-28(41)21-8-4-5-9-25(21)43-16-17-6-2-1-3-7-17/h1-10,13-15,19-20,26-27H,11-12,16H2,(H,39,42)(H,40,41)/b22-15-/t19?,20?,26-,27+/m0/s1. The molecule has 0 aromatic heterocycles. The zero-order valence-corrected chi connectivity index (χ0v) is 22.3. The molecule has 2 fully saturated rings. The second-order valence-corrected chi connectivity index (χ2v) is 10.5. The number of carbonyl (C=O) groups excluding carboxylic acids is 2. The van der Waals surface area contributed by atoms with Crippen LogP contribution in [0.4, 0.5) is 36.4 Å². The van der Waals surface area contributed by atoms with Crippen molar-refractivity contribution in [3.8, 4) is 5.75 Å². The molecule has 3 aromatic carbocycles. The first-order valence-corrected chi connectivity index (χ1v) is 13.4. The fourth-order valence-corrected chi connectivity index (χ4v) is 5.97. The van der Waals surface area contributed by atoms with Crippen LogP contribution in [-0.4, -0.2) is 24.0 Å². The van der Waals surface area contributed by atoms with Gasteiger partial charge in [0, 0.05) is 23.7 Å². The summed E-state index contributed by atoms with van der Waals surface area (Å²) in [4.78, 5) is 26.9. The Morgan fingerprint density at radius 2 is 1.56 bits per heavy atom. The number of amides is 2. The van der Waals surface area contributed by atoms with Crippen LogP contribution in [0.25, 0.3) is 0 Å². The number of hydrogen-bond acceptors (Lipinski definition) is 3. The van der Waals surface area contributed by atoms with Gasteiger partial charge in [-0.05, 0) is 54.7 Å². The van der Waals surface area contributed by atoms with Crippen LogP contribution < -0.4 is 15.4 Å². The summed E-state index contributed by atoms with van der Waals surface area (Å²) < 4.78 is 99.7. The van der Waals surface area contributed by atoms with E-state index in [2.05, 4.69) is 10.6 Å². The molecule has 0 heterocycles. The molecule has 2 unspecified atom stereocenters. The predicted octanol–water partition coefficient (Wildman–Crippen LogP) is 7.31. The number of benzene rings is 3. The molecule has 4 atom stereocenters. The maximum Gasteiger partial charge on any atom is 0.419 e. The van der Waals surface area contributed by atoms with Gasteiger partial charge in [-0.2, -0.15) is 26.3 Å². The van der Waals surface area contributed by atoms with E-state index in [4.69, 9.17) is 4.74 Å². The van der Waals surface area contributed by atoms with Gasteiger partial charge in [-0.3, -0.25) is 9.59 Å². The first-order valence-electron chi connectivity index (χ1n) is 13.4. The second kappa shape index (κ2) is 11.7. The van der Waals surface area contributed by atoms with Crippen LogP contribution in [0.15, 0.2) is 84.4 Å². The van der Waals surface area contributed by atoms with E-state index < -0.39 is 59.3 Å². The van der Waals surface area contributed by atoms with E-state index in [1.807, 2.05) is 30.3 Å². The molecule has 2 bridgehead atoms. The Kier molecular flexibility index (Phi) is 8.22. The van der Waals surface area contributed by atoms with Crippen LogP contribution in [0.2, 0.25) is 0 Å². The molecule has 12 heteroatoms. The lowest BCUT2D eigenvalue weighted by Crippen LogP contribution is -2.48. The summed E-state index contributed by atoms with van der Waals surface area (Å²) in [5.74, 6) is -5.88. The van der Waals surface area contributed by atoms with Gasteiger partial charge in [0.25, 0.3) is 5.91 Å². The molecule has 5 rings (SSSR count). The maximum absolute atomic E-state index is 13.8. The van der Waals surface area contributed by atoms with E-state index in [-0.39, 0.29) is 48.1 Å². The number of ether oxygens (including phenoxy) is 1.